The molecular weight excluding hydrogens is 242 g/mol. The van der Waals surface area contributed by atoms with Gasteiger partial charge in [0, 0.05) is 12.6 Å². The van der Waals surface area contributed by atoms with E-state index in [2.05, 4.69) is 11.9 Å². The Bertz CT molecular complexity index is 300. The number of nitrogens with zero attached hydrogens (tertiary/aromatic N) is 1. The van der Waals surface area contributed by atoms with Crippen molar-refractivity contribution in [1.29, 1.82) is 0 Å². The number of esters is 1. The summed E-state index contributed by atoms with van der Waals surface area (Å²) in [4.78, 5) is 13.7. The lowest BCUT2D eigenvalue weighted by Gasteiger charge is -2.28. The largest absolute Gasteiger partial charge is 0.469 e. The number of likely N-dealkylation sites (tertiary alicyclic amines) is 1. The van der Waals surface area contributed by atoms with E-state index in [0.29, 0.717) is 6.04 Å². The quantitative estimate of drug-likeness (QED) is 0.791. The first-order chi connectivity index (χ1) is 9.10. The van der Waals surface area contributed by atoms with Crippen LogP contribution in [0.3, 0.4) is 0 Å². The van der Waals surface area contributed by atoms with Gasteiger partial charge in [-0.25, -0.2) is 0 Å². The van der Waals surface area contributed by atoms with Crippen LogP contribution < -0.4 is 0 Å². The zero-order valence-corrected chi connectivity index (χ0v) is 12.2. The van der Waals surface area contributed by atoms with E-state index in [1.807, 2.05) is 0 Å². The number of likely N-dealkylation sites (N-methyl/N-ethyl adjacent to an activating group) is 1. The van der Waals surface area contributed by atoms with Crippen molar-refractivity contribution in [2.75, 3.05) is 20.7 Å². The second-order valence-corrected chi connectivity index (χ2v) is 6.30. The van der Waals surface area contributed by atoms with Crippen LogP contribution in [0.1, 0.15) is 44.9 Å². The molecule has 2 aliphatic rings. The van der Waals surface area contributed by atoms with E-state index in [9.17, 15) is 9.90 Å². The highest BCUT2D eigenvalue weighted by atomic mass is 16.5. The Balaban J connectivity index is 1.67. The monoisotopic (exact) mass is 269 g/mol. The molecule has 1 saturated heterocycles. The Morgan fingerprint density at radius 2 is 1.95 bits per heavy atom. The molecule has 19 heavy (non-hydrogen) atoms. The Morgan fingerprint density at radius 1 is 1.26 bits per heavy atom. The topological polar surface area (TPSA) is 49.8 Å². The van der Waals surface area contributed by atoms with Gasteiger partial charge in [-0.05, 0) is 57.9 Å². The van der Waals surface area contributed by atoms with Gasteiger partial charge in [0.15, 0.2) is 0 Å². The lowest BCUT2D eigenvalue weighted by Crippen LogP contribution is -2.27. The maximum absolute atomic E-state index is 11.5. The number of aliphatic hydroxyl groups is 1. The van der Waals surface area contributed by atoms with Crippen molar-refractivity contribution in [3.05, 3.63) is 0 Å². The van der Waals surface area contributed by atoms with E-state index < -0.39 is 0 Å². The van der Waals surface area contributed by atoms with Gasteiger partial charge in [0.2, 0.25) is 0 Å². The second-order valence-electron chi connectivity index (χ2n) is 6.30. The van der Waals surface area contributed by atoms with Gasteiger partial charge in [0.1, 0.15) is 0 Å². The van der Waals surface area contributed by atoms with Gasteiger partial charge in [0.05, 0.1) is 19.1 Å². The van der Waals surface area contributed by atoms with Gasteiger partial charge in [-0.2, -0.15) is 0 Å². The number of aliphatic hydroxyl groups excluding tert-OH is 1. The minimum Gasteiger partial charge on any atom is -0.469 e. The highest BCUT2D eigenvalue weighted by molar-refractivity contribution is 5.72. The summed E-state index contributed by atoms with van der Waals surface area (Å²) < 4.78 is 4.82. The fraction of sp³-hybridized carbons (Fsp3) is 0.933. The summed E-state index contributed by atoms with van der Waals surface area (Å²) in [6.45, 7) is 0.819. The molecule has 2 atom stereocenters. The van der Waals surface area contributed by atoms with Crippen molar-refractivity contribution in [2.24, 2.45) is 11.8 Å². The van der Waals surface area contributed by atoms with Crippen LogP contribution in [-0.2, 0) is 9.53 Å². The van der Waals surface area contributed by atoms with Gasteiger partial charge in [-0.15, -0.1) is 0 Å². The van der Waals surface area contributed by atoms with Crippen molar-refractivity contribution in [3.8, 4) is 0 Å². The van der Waals surface area contributed by atoms with E-state index in [0.717, 1.165) is 44.6 Å². The summed E-state index contributed by atoms with van der Waals surface area (Å²) in [5.74, 6) is 0.862. The highest BCUT2D eigenvalue weighted by Gasteiger charge is 2.30. The van der Waals surface area contributed by atoms with Crippen LogP contribution in [0.25, 0.3) is 0 Å². The first kappa shape index (κ1) is 14.8. The zero-order valence-electron chi connectivity index (χ0n) is 12.2. The average Bonchev–Trinajstić information content (AvgIpc) is 2.74. The van der Waals surface area contributed by atoms with Crippen molar-refractivity contribution >= 4 is 5.97 Å². The lowest BCUT2D eigenvalue weighted by atomic mass is 9.79. The molecule has 1 saturated carbocycles. The Kier molecular flexibility index (Phi) is 5.22. The minimum atomic E-state index is -0.134. The van der Waals surface area contributed by atoms with Crippen molar-refractivity contribution < 1.29 is 14.6 Å². The molecule has 0 amide bonds. The molecule has 4 heteroatoms. The van der Waals surface area contributed by atoms with Gasteiger partial charge in [-0.1, -0.05) is 0 Å². The number of methoxy groups -OCH3 is 1. The molecule has 1 heterocycles. The predicted octanol–water partition coefficient (Wildman–Crippen LogP) is 1.81. The number of β-amino-alcohol motifs (C(OH)–C–C–N with tert-alkyl or cyclic N) is 1. The molecule has 0 aromatic heterocycles. The molecule has 0 aromatic rings. The standard InChI is InChI=1S/C15H27NO3/c1-16-10-14(17)9-13(16)8-5-11-3-6-12(7-4-11)15(18)19-2/h11-14,17H,3-10H2,1-2H3/t11?,12?,13-,14-/m1/s1. The van der Waals surface area contributed by atoms with Gasteiger partial charge < -0.3 is 14.7 Å². The zero-order chi connectivity index (χ0) is 13.8. The molecular formula is C15H27NO3. The van der Waals surface area contributed by atoms with Gasteiger partial charge >= 0.3 is 5.97 Å². The molecule has 2 rings (SSSR count). The second kappa shape index (κ2) is 6.71. The third-order valence-corrected chi connectivity index (χ3v) is 4.96. The summed E-state index contributed by atoms with van der Waals surface area (Å²) in [5, 5.41) is 9.64. The van der Waals surface area contributed by atoms with Crippen molar-refractivity contribution in [3.63, 3.8) is 0 Å². The van der Waals surface area contributed by atoms with E-state index in [-0.39, 0.29) is 18.0 Å². The first-order valence-corrected chi connectivity index (χ1v) is 7.56. The Labute approximate surface area is 116 Å². The Hall–Kier alpha value is -0.610. The molecule has 110 valence electrons. The molecule has 0 radical (unpaired) electrons. The normalized spacial score (nSPS) is 36.4. The third kappa shape index (κ3) is 3.93. The van der Waals surface area contributed by atoms with Crippen LogP contribution in [0, 0.1) is 11.8 Å². The van der Waals surface area contributed by atoms with E-state index in [1.165, 1.54) is 20.0 Å². The first-order valence-electron chi connectivity index (χ1n) is 7.56. The van der Waals surface area contributed by atoms with Crippen molar-refractivity contribution in [1.82, 2.24) is 4.90 Å². The molecule has 4 nitrogen and oxygen atoms in total. The minimum absolute atomic E-state index is 0.0305. The lowest BCUT2D eigenvalue weighted by molar-refractivity contribution is -0.146. The number of ether oxygens (including phenoxy) is 1. The molecule has 0 unspecified atom stereocenters. The average molecular weight is 269 g/mol. The summed E-state index contributed by atoms with van der Waals surface area (Å²) in [6.07, 6.45) is 7.48. The van der Waals surface area contributed by atoms with Crippen LogP contribution in [0.5, 0.6) is 0 Å². The molecule has 0 spiro atoms. The molecule has 1 N–H and O–H groups in total. The smallest absolute Gasteiger partial charge is 0.308 e. The molecule has 1 aliphatic heterocycles. The number of rotatable bonds is 4. The van der Waals surface area contributed by atoms with Crippen molar-refractivity contribution in [2.45, 2.75) is 57.1 Å². The van der Waals surface area contributed by atoms with E-state index in [4.69, 9.17) is 4.74 Å². The number of hydrogen-bond donors (Lipinski definition) is 1. The maximum Gasteiger partial charge on any atom is 0.308 e. The summed E-state index contributed by atoms with van der Waals surface area (Å²) in [7, 11) is 3.59. The van der Waals surface area contributed by atoms with Crippen LogP contribution in [-0.4, -0.2) is 48.8 Å². The van der Waals surface area contributed by atoms with Crippen LogP contribution in [0.15, 0.2) is 0 Å². The molecule has 2 fully saturated rings. The van der Waals surface area contributed by atoms with Gasteiger partial charge in [-0.3, -0.25) is 4.79 Å². The molecule has 1 aliphatic carbocycles. The van der Waals surface area contributed by atoms with Gasteiger partial charge in [0.25, 0.3) is 0 Å². The SMILES string of the molecule is COC(=O)C1CCC(CC[C@@H]2C[C@@H](O)CN2C)CC1. The summed E-state index contributed by atoms with van der Waals surface area (Å²) in [6, 6.07) is 0.549. The van der Waals surface area contributed by atoms with Crippen LogP contribution in [0.2, 0.25) is 0 Å². The third-order valence-electron chi connectivity index (χ3n) is 4.96. The Morgan fingerprint density at radius 3 is 2.47 bits per heavy atom. The van der Waals surface area contributed by atoms with Crippen LogP contribution >= 0.6 is 0 Å². The fourth-order valence-electron chi connectivity index (χ4n) is 3.67. The summed E-state index contributed by atoms with van der Waals surface area (Å²) >= 11 is 0. The molecule has 0 bridgehead atoms. The highest BCUT2D eigenvalue weighted by Crippen LogP contribution is 2.33. The summed E-state index contributed by atoms with van der Waals surface area (Å²) in [5.41, 5.74) is 0. The number of hydrogen-bond acceptors (Lipinski definition) is 4. The number of carbonyl (C=O) groups excluding carboxylic acids is 1. The van der Waals surface area contributed by atoms with E-state index >= 15 is 0 Å². The van der Waals surface area contributed by atoms with Crippen LogP contribution in [0.4, 0.5) is 0 Å². The maximum atomic E-state index is 11.5. The molecule has 0 aromatic carbocycles. The van der Waals surface area contributed by atoms with E-state index in [1.54, 1.807) is 0 Å². The predicted molar refractivity (Wildman–Crippen MR) is 73.7 cm³/mol. The fourth-order valence-corrected chi connectivity index (χ4v) is 3.67. The number of carbonyl (C=O) groups is 1.